The van der Waals surface area contributed by atoms with Gasteiger partial charge in [0.15, 0.2) is 5.69 Å². The number of alkyl halides is 3. The van der Waals surface area contributed by atoms with E-state index in [1.165, 1.54) is 31.1 Å². The molecule has 0 radical (unpaired) electrons. The van der Waals surface area contributed by atoms with Crippen LogP contribution in [0, 0.1) is 23.7 Å². The van der Waals surface area contributed by atoms with Crippen LogP contribution in [-0.2, 0) is 18.4 Å². The van der Waals surface area contributed by atoms with Crippen molar-refractivity contribution in [3.8, 4) is 5.75 Å². The van der Waals surface area contributed by atoms with E-state index in [1.54, 1.807) is 23.7 Å². The number of carboxylic acid groups (broad SMARTS) is 1. The molecule has 0 bridgehead atoms. The van der Waals surface area contributed by atoms with Gasteiger partial charge in [0.1, 0.15) is 5.75 Å². The number of piperidine rings is 2. The predicted molar refractivity (Wildman–Crippen MR) is 137 cm³/mol. The van der Waals surface area contributed by atoms with E-state index >= 15 is 0 Å². The van der Waals surface area contributed by atoms with Gasteiger partial charge in [-0.25, -0.2) is 9.78 Å². The van der Waals surface area contributed by atoms with Gasteiger partial charge in [0.25, 0.3) is 0 Å². The molecule has 3 atom stereocenters. The second-order valence-electron chi connectivity index (χ2n) is 10.8. The van der Waals surface area contributed by atoms with E-state index in [4.69, 9.17) is 5.11 Å². The van der Waals surface area contributed by atoms with Crippen molar-refractivity contribution in [3.63, 3.8) is 0 Å². The molecule has 5 rings (SSSR count). The Morgan fingerprint density at radius 3 is 2.54 bits per heavy atom. The molecule has 39 heavy (non-hydrogen) atoms. The number of likely N-dealkylation sites (tertiary alicyclic amines) is 2. The van der Waals surface area contributed by atoms with E-state index in [1.807, 2.05) is 4.90 Å². The van der Waals surface area contributed by atoms with Crippen molar-refractivity contribution >= 4 is 11.9 Å². The lowest BCUT2D eigenvalue weighted by molar-refractivity contribution is -0.274. The van der Waals surface area contributed by atoms with Crippen molar-refractivity contribution in [3.05, 3.63) is 48.0 Å². The van der Waals surface area contributed by atoms with Gasteiger partial charge in [-0.1, -0.05) is 19.1 Å². The van der Waals surface area contributed by atoms with Crippen LogP contribution < -0.4 is 10.1 Å². The second-order valence-corrected chi connectivity index (χ2v) is 10.8. The molecule has 3 unspecified atom stereocenters. The monoisotopic (exact) mass is 551 g/mol. The highest BCUT2D eigenvalue weighted by molar-refractivity contribution is 5.84. The number of nitrogens with zero attached hydrogens (tertiary/aromatic N) is 4. The van der Waals surface area contributed by atoms with E-state index in [0.717, 1.165) is 44.7 Å². The van der Waals surface area contributed by atoms with Crippen LogP contribution in [0.5, 0.6) is 5.75 Å². The van der Waals surface area contributed by atoms with Gasteiger partial charge < -0.3 is 24.6 Å². The third-order valence-corrected chi connectivity index (χ3v) is 7.58. The Kier molecular flexibility index (Phi) is 9.16. The summed E-state index contributed by atoms with van der Waals surface area (Å²) in [7, 11) is 1.72. The fraction of sp³-hybridized carbons (Fsp3) is 0.593. The van der Waals surface area contributed by atoms with Crippen molar-refractivity contribution in [2.75, 3.05) is 39.3 Å². The van der Waals surface area contributed by atoms with Crippen LogP contribution >= 0.6 is 0 Å². The Morgan fingerprint density at radius 2 is 1.95 bits per heavy atom. The number of carboxylic acids is 1. The van der Waals surface area contributed by atoms with Crippen molar-refractivity contribution in [1.29, 1.82) is 0 Å². The smallest absolute Gasteiger partial charge is 0.476 e. The lowest BCUT2D eigenvalue weighted by Crippen LogP contribution is -2.44. The first kappa shape index (κ1) is 28.9. The summed E-state index contributed by atoms with van der Waals surface area (Å²) in [5, 5.41) is 11.7. The number of hydrogen-bond donors (Lipinski definition) is 2. The molecular weight excluding hydrogens is 515 g/mol. The average molecular weight is 552 g/mol. The van der Waals surface area contributed by atoms with Crippen molar-refractivity contribution in [1.82, 2.24) is 24.7 Å². The Labute approximate surface area is 225 Å². The number of fused-ring (bicyclic) bond motifs is 1. The van der Waals surface area contributed by atoms with Crippen molar-refractivity contribution < 1.29 is 32.6 Å². The summed E-state index contributed by atoms with van der Waals surface area (Å²) < 4.78 is 42.6. The Balaban J connectivity index is 0.000000333. The zero-order valence-electron chi connectivity index (χ0n) is 22.2. The number of carbonyl (C=O) groups is 2. The highest BCUT2D eigenvalue weighted by atomic mass is 19.4. The van der Waals surface area contributed by atoms with Crippen LogP contribution in [0.2, 0.25) is 0 Å². The number of hydrogen-bond acceptors (Lipinski definition) is 6. The quantitative estimate of drug-likeness (QED) is 0.520. The number of nitrogens with one attached hydrogen (secondary N) is 1. The predicted octanol–water partition coefficient (Wildman–Crippen LogP) is 3.23. The molecule has 1 aromatic carbocycles. The number of imidazole rings is 1. The lowest BCUT2D eigenvalue weighted by Gasteiger charge is -2.32. The van der Waals surface area contributed by atoms with Gasteiger partial charge in [-0.05, 0) is 60.8 Å². The molecule has 3 aliphatic rings. The minimum Gasteiger partial charge on any atom is -0.476 e. The van der Waals surface area contributed by atoms with Gasteiger partial charge in [-0.15, -0.1) is 13.2 Å². The number of aromatic carboxylic acids is 1. The molecule has 12 heteroatoms. The van der Waals surface area contributed by atoms with Crippen LogP contribution in [0.4, 0.5) is 13.2 Å². The molecule has 2 aromatic rings. The summed E-state index contributed by atoms with van der Waals surface area (Å²) in [5.41, 5.74) is 0.850. The fourth-order valence-corrected chi connectivity index (χ4v) is 5.63. The highest BCUT2D eigenvalue weighted by Crippen LogP contribution is 2.51. The topological polar surface area (TPSA) is 99.9 Å². The number of benzene rings is 1. The van der Waals surface area contributed by atoms with Crippen LogP contribution in [-0.4, -0.2) is 82.0 Å². The van der Waals surface area contributed by atoms with Crippen LogP contribution in [0.25, 0.3) is 0 Å². The Hall–Kier alpha value is -3.12. The third-order valence-electron chi connectivity index (χ3n) is 7.58. The van der Waals surface area contributed by atoms with Crippen LogP contribution in [0.3, 0.4) is 0 Å². The first-order chi connectivity index (χ1) is 18.5. The molecule has 2 aliphatic heterocycles. The molecule has 1 saturated carbocycles. The maximum absolute atomic E-state index is 12.5. The molecular formula is C27H36F3N5O4. The maximum atomic E-state index is 12.5. The first-order valence-electron chi connectivity index (χ1n) is 13.3. The van der Waals surface area contributed by atoms with Gasteiger partial charge in [0, 0.05) is 46.0 Å². The Morgan fingerprint density at radius 1 is 1.21 bits per heavy atom. The number of carbonyl (C=O) groups excluding carboxylic acids is 1. The summed E-state index contributed by atoms with van der Waals surface area (Å²) >= 11 is 0. The summed E-state index contributed by atoms with van der Waals surface area (Å²) in [5.74, 6) is 1.55. The van der Waals surface area contributed by atoms with Crippen molar-refractivity contribution in [2.45, 2.75) is 32.7 Å². The molecule has 2 N–H and O–H groups in total. The summed E-state index contributed by atoms with van der Waals surface area (Å²) in [6.45, 7) is 7.84. The molecule has 214 valence electrons. The molecule has 2 saturated heterocycles. The number of amides is 1. The Bertz CT molecular complexity index is 1130. The maximum Gasteiger partial charge on any atom is 0.573 e. The third kappa shape index (κ3) is 8.43. The highest BCUT2D eigenvalue weighted by Gasteiger charge is 2.55. The molecule has 1 aromatic heterocycles. The molecule has 1 aliphatic carbocycles. The largest absolute Gasteiger partial charge is 0.573 e. The number of ether oxygens (including phenoxy) is 1. The molecule has 0 spiro atoms. The SMILES string of the molecule is CC1CCCN(C(=O)CN2CC3C(CNCc4cccc(OC(F)(F)F)c4)C3C2)C1.Cn1cnc(C(=O)O)c1. The summed E-state index contributed by atoms with van der Waals surface area (Å²) in [6.07, 6.45) is 0.548. The molecule has 9 nitrogen and oxygen atoms in total. The van der Waals surface area contributed by atoms with Crippen LogP contribution in [0.15, 0.2) is 36.8 Å². The first-order valence-corrected chi connectivity index (χ1v) is 13.3. The number of aromatic nitrogens is 2. The minimum absolute atomic E-state index is 0.0810. The summed E-state index contributed by atoms with van der Waals surface area (Å²) in [6, 6.07) is 6.09. The zero-order valence-corrected chi connectivity index (χ0v) is 22.2. The number of halogens is 3. The van der Waals surface area contributed by atoms with Crippen molar-refractivity contribution in [2.24, 2.45) is 30.7 Å². The molecule has 3 heterocycles. The van der Waals surface area contributed by atoms with Gasteiger partial charge in [0.2, 0.25) is 5.91 Å². The van der Waals surface area contributed by atoms with Gasteiger partial charge in [-0.2, -0.15) is 0 Å². The number of aryl methyl sites for hydroxylation is 1. The second kappa shape index (κ2) is 12.4. The van der Waals surface area contributed by atoms with E-state index in [2.05, 4.69) is 26.9 Å². The van der Waals surface area contributed by atoms with E-state index in [9.17, 15) is 22.8 Å². The summed E-state index contributed by atoms with van der Waals surface area (Å²) in [4.78, 5) is 30.6. The van der Waals surface area contributed by atoms with Gasteiger partial charge >= 0.3 is 12.3 Å². The van der Waals surface area contributed by atoms with E-state index in [-0.39, 0.29) is 17.4 Å². The van der Waals surface area contributed by atoms with Gasteiger partial charge in [0.05, 0.1) is 12.9 Å². The fourth-order valence-electron chi connectivity index (χ4n) is 5.63. The van der Waals surface area contributed by atoms with Gasteiger partial charge in [-0.3, -0.25) is 9.69 Å². The molecule has 1 amide bonds. The zero-order chi connectivity index (χ0) is 28.2. The average Bonchev–Trinajstić information content (AvgIpc) is 3.17. The minimum atomic E-state index is -4.67. The molecule has 3 fully saturated rings. The normalized spacial score (nSPS) is 24.5. The van der Waals surface area contributed by atoms with Crippen LogP contribution in [0.1, 0.15) is 35.8 Å². The lowest BCUT2D eigenvalue weighted by atomic mass is 10.0. The van der Waals surface area contributed by atoms with E-state index < -0.39 is 12.3 Å². The van der Waals surface area contributed by atoms with E-state index in [0.29, 0.717) is 36.8 Å². The standard InChI is InChI=1S/C22H30F3N3O2.C5H6N2O2/c1-15-4-3-7-28(11-15)21(29)14-27-12-19-18(20(19)13-27)10-26-9-16-5-2-6-17(8-16)30-22(23,24)25;1-7-2-4(5(8)9)6-3-7/h2,5-6,8,15,18-20,26H,3-4,7,9-14H2,1H3;2-3H,1H3,(H,8,9). The number of rotatable bonds is 8.